The third-order valence-corrected chi connectivity index (χ3v) is 8.31. The molecule has 0 aromatic rings. The average molecular weight is 471 g/mol. The number of alkyl halides is 1. The zero-order valence-electron chi connectivity index (χ0n) is 17.8. The summed E-state index contributed by atoms with van der Waals surface area (Å²) in [7, 11) is 0. The van der Waals surface area contributed by atoms with Gasteiger partial charge in [-0.25, -0.2) is 0 Å². The van der Waals surface area contributed by atoms with E-state index in [0.717, 1.165) is 70.2 Å². The number of carbonyl (C=O) groups excluding carboxylic acids is 1. The van der Waals surface area contributed by atoms with Crippen molar-refractivity contribution in [2.45, 2.75) is 94.9 Å². The van der Waals surface area contributed by atoms with Crippen LogP contribution in [0.25, 0.3) is 0 Å². The van der Waals surface area contributed by atoms with Crippen molar-refractivity contribution >= 4 is 21.8 Å². The van der Waals surface area contributed by atoms with Gasteiger partial charge in [0.25, 0.3) is 0 Å². The normalized spacial score (nSPS) is 34.4. The van der Waals surface area contributed by atoms with Crippen LogP contribution in [0.2, 0.25) is 0 Å². The molecule has 4 fully saturated rings. The summed E-state index contributed by atoms with van der Waals surface area (Å²) in [5.41, 5.74) is 0. The van der Waals surface area contributed by atoms with Crippen molar-refractivity contribution in [3.05, 3.63) is 0 Å². The number of aliphatic hydroxyl groups is 1. The third-order valence-electron chi connectivity index (χ3n) is 7.83. The number of aliphatic hydroxyl groups excluding tert-OH is 1. The van der Waals surface area contributed by atoms with Crippen LogP contribution < -0.4 is 0 Å². The molecule has 2 atom stereocenters. The van der Waals surface area contributed by atoms with Gasteiger partial charge in [0.2, 0.25) is 5.91 Å². The van der Waals surface area contributed by atoms with E-state index < -0.39 is 0 Å². The van der Waals surface area contributed by atoms with Crippen molar-refractivity contribution in [2.24, 2.45) is 11.8 Å². The zero-order chi connectivity index (χ0) is 20.2. The van der Waals surface area contributed by atoms with Gasteiger partial charge in [-0.15, -0.1) is 0 Å². The molecule has 1 N–H and O–H groups in total. The number of carbonyl (C=O) groups is 1. The Kier molecular flexibility index (Phi) is 7.93. The lowest BCUT2D eigenvalue weighted by Crippen LogP contribution is -2.55. The van der Waals surface area contributed by atoms with Gasteiger partial charge in [0, 0.05) is 38.4 Å². The lowest BCUT2D eigenvalue weighted by molar-refractivity contribution is -0.137. The van der Waals surface area contributed by atoms with Crippen LogP contribution in [0.3, 0.4) is 0 Å². The second kappa shape index (κ2) is 10.4. The maximum absolute atomic E-state index is 12.6. The summed E-state index contributed by atoms with van der Waals surface area (Å²) >= 11 is 3.36. The Hall–Kier alpha value is -0.170. The molecule has 3 aliphatic carbocycles. The fourth-order valence-corrected chi connectivity index (χ4v) is 6.16. The molecule has 1 aliphatic heterocycles. The van der Waals surface area contributed by atoms with Crippen LogP contribution in [0.15, 0.2) is 0 Å². The van der Waals surface area contributed by atoms with E-state index in [1.165, 1.54) is 38.5 Å². The number of likely N-dealkylation sites (tertiary alicyclic amines) is 1. The molecular weight excluding hydrogens is 432 g/mol. The lowest BCUT2D eigenvalue weighted by Gasteiger charge is -2.45. The molecule has 1 saturated heterocycles. The number of hydrogen-bond donors (Lipinski definition) is 1. The summed E-state index contributed by atoms with van der Waals surface area (Å²) in [6.45, 7) is 4.14. The number of halogens is 1. The topological polar surface area (TPSA) is 53.0 Å². The molecule has 29 heavy (non-hydrogen) atoms. The van der Waals surface area contributed by atoms with Gasteiger partial charge >= 0.3 is 0 Å². The Morgan fingerprint density at radius 3 is 2.07 bits per heavy atom. The highest BCUT2D eigenvalue weighted by molar-refractivity contribution is 9.09. The minimum absolute atomic E-state index is 0.0303. The largest absolute Gasteiger partial charge is 0.391 e. The van der Waals surface area contributed by atoms with E-state index in [2.05, 4.69) is 25.7 Å². The third kappa shape index (κ3) is 5.75. The van der Waals surface area contributed by atoms with E-state index in [9.17, 15) is 9.90 Å². The first-order valence-corrected chi connectivity index (χ1v) is 13.1. The highest BCUT2D eigenvalue weighted by atomic mass is 79.9. The monoisotopic (exact) mass is 470 g/mol. The van der Waals surface area contributed by atoms with E-state index in [1.54, 1.807) is 0 Å². The van der Waals surface area contributed by atoms with Gasteiger partial charge in [-0.3, -0.25) is 4.79 Å². The highest BCUT2D eigenvalue weighted by Gasteiger charge is 2.39. The van der Waals surface area contributed by atoms with Gasteiger partial charge in [0.1, 0.15) is 0 Å². The zero-order valence-corrected chi connectivity index (χ0v) is 19.4. The molecule has 0 radical (unpaired) electrons. The molecule has 1 heterocycles. The van der Waals surface area contributed by atoms with Crippen molar-refractivity contribution in [3.8, 4) is 0 Å². The number of rotatable bonds is 8. The first-order chi connectivity index (χ1) is 14.2. The first kappa shape index (κ1) is 22.0. The van der Waals surface area contributed by atoms with Crippen LogP contribution in [0.4, 0.5) is 0 Å². The Bertz CT molecular complexity index is 528. The fraction of sp³-hybridized carbons (Fsp3) is 0.957. The second-order valence-corrected chi connectivity index (χ2v) is 10.5. The molecule has 3 saturated carbocycles. The molecule has 0 aromatic heterocycles. The van der Waals surface area contributed by atoms with Gasteiger partial charge < -0.3 is 19.6 Å². The molecule has 166 valence electrons. The molecule has 4 rings (SSSR count). The molecule has 0 unspecified atom stereocenters. The van der Waals surface area contributed by atoms with Crippen molar-refractivity contribution in [1.82, 2.24) is 9.80 Å². The number of ether oxygens (including phenoxy) is 1. The van der Waals surface area contributed by atoms with Crippen molar-refractivity contribution in [1.29, 1.82) is 0 Å². The Morgan fingerprint density at radius 1 is 0.931 bits per heavy atom. The fourth-order valence-electron chi connectivity index (χ4n) is 5.87. The maximum Gasteiger partial charge on any atom is 0.233 e. The maximum atomic E-state index is 12.6. The van der Waals surface area contributed by atoms with E-state index in [1.807, 2.05) is 0 Å². The Balaban J connectivity index is 1.21. The standard InChI is InChI=1S/C23H39BrN2O3/c24-14-23(28)26(21-2-1-3-22(21)27)20-10-12-25(13-11-20)19-8-6-18(7-9-19)16-29-15-17-4-5-17/h17-22,27H,1-16H2/t18-,19+,21-,22-/m0/s1. The van der Waals surface area contributed by atoms with Crippen molar-refractivity contribution < 1.29 is 14.6 Å². The summed E-state index contributed by atoms with van der Waals surface area (Å²) < 4.78 is 5.93. The lowest BCUT2D eigenvalue weighted by atomic mass is 9.85. The quantitative estimate of drug-likeness (QED) is 0.550. The first-order valence-electron chi connectivity index (χ1n) is 12.0. The molecule has 1 amide bonds. The van der Waals surface area contributed by atoms with Gasteiger partial charge in [-0.1, -0.05) is 15.9 Å². The molecule has 5 nitrogen and oxygen atoms in total. The minimum Gasteiger partial charge on any atom is -0.391 e. The Morgan fingerprint density at radius 2 is 1.55 bits per heavy atom. The molecular formula is C23H39BrN2O3. The highest BCUT2D eigenvalue weighted by Crippen LogP contribution is 2.34. The molecule has 4 aliphatic rings. The average Bonchev–Trinajstić information content (AvgIpc) is 3.49. The van der Waals surface area contributed by atoms with Gasteiger partial charge in [0.05, 0.1) is 17.5 Å². The van der Waals surface area contributed by atoms with Crippen LogP contribution in [0, 0.1) is 11.8 Å². The van der Waals surface area contributed by atoms with Gasteiger partial charge in [0.15, 0.2) is 0 Å². The van der Waals surface area contributed by atoms with Crippen LogP contribution in [-0.2, 0) is 9.53 Å². The number of piperidine rings is 1. The van der Waals surface area contributed by atoms with E-state index in [4.69, 9.17) is 4.74 Å². The molecule has 0 bridgehead atoms. The van der Waals surface area contributed by atoms with E-state index in [0.29, 0.717) is 17.4 Å². The summed E-state index contributed by atoms with van der Waals surface area (Å²) in [5.74, 6) is 1.79. The Labute approximate surface area is 184 Å². The number of nitrogens with zero attached hydrogens (tertiary/aromatic N) is 2. The summed E-state index contributed by atoms with van der Waals surface area (Å²) in [6.07, 6.45) is 12.5. The SMILES string of the molecule is O=C(CBr)N(C1CCN([C@H]2CC[C@@H](COCC3CC3)CC2)CC1)[C@H]1CCC[C@@H]1O. The number of hydrogen-bond acceptors (Lipinski definition) is 4. The van der Waals surface area contributed by atoms with Crippen molar-refractivity contribution in [3.63, 3.8) is 0 Å². The number of amides is 1. The molecule has 0 spiro atoms. The smallest absolute Gasteiger partial charge is 0.233 e. The second-order valence-electron chi connectivity index (χ2n) is 9.92. The van der Waals surface area contributed by atoms with Crippen LogP contribution in [0.5, 0.6) is 0 Å². The van der Waals surface area contributed by atoms with E-state index >= 15 is 0 Å². The van der Waals surface area contributed by atoms with E-state index in [-0.39, 0.29) is 18.1 Å². The van der Waals surface area contributed by atoms with Gasteiger partial charge in [-0.05, 0) is 82.5 Å². The summed E-state index contributed by atoms with van der Waals surface area (Å²) in [5, 5.41) is 10.7. The van der Waals surface area contributed by atoms with Crippen LogP contribution in [-0.4, -0.2) is 76.7 Å². The predicted octanol–water partition coefficient (Wildman–Crippen LogP) is 3.57. The minimum atomic E-state index is -0.339. The molecule has 6 heteroatoms. The van der Waals surface area contributed by atoms with Gasteiger partial charge in [-0.2, -0.15) is 0 Å². The molecule has 0 aromatic carbocycles. The summed E-state index contributed by atoms with van der Waals surface area (Å²) in [4.78, 5) is 17.4. The van der Waals surface area contributed by atoms with Crippen LogP contribution in [0.1, 0.15) is 70.6 Å². The summed E-state index contributed by atoms with van der Waals surface area (Å²) in [6, 6.07) is 1.04. The predicted molar refractivity (Wildman–Crippen MR) is 118 cm³/mol. The van der Waals surface area contributed by atoms with Crippen LogP contribution >= 0.6 is 15.9 Å². The van der Waals surface area contributed by atoms with Crippen molar-refractivity contribution in [2.75, 3.05) is 31.6 Å².